The summed E-state index contributed by atoms with van der Waals surface area (Å²) in [6.07, 6.45) is 7.38. The van der Waals surface area contributed by atoms with E-state index in [1.54, 1.807) is 13.3 Å². The van der Waals surface area contributed by atoms with E-state index in [2.05, 4.69) is 15.3 Å². The van der Waals surface area contributed by atoms with Gasteiger partial charge in [0.05, 0.1) is 24.5 Å². The van der Waals surface area contributed by atoms with Crippen LogP contribution in [0, 0.1) is 5.92 Å². The second-order valence-corrected chi connectivity index (χ2v) is 8.26. The number of likely N-dealkylation sites (tertiary alicyclic amines) is 1. The lowest BCUT2D eigenvalue weighted by molar-refractivity contribution is -0.117. The minimum atomic E-state index is -2.51. The minimum absolute atomic E-state index is 0.0301. The summed E-state index contributed by atoms with van der Waals surface area (Å²) in [5.41, 5.74) is 0.728. The fraction of sp³-hybridized carbons (Fsp3) is 0.789. The maximum atomic E-state index is 13.5. The average Bonchev–Trinajstić information content (AvgIpc) is 3.25. The number of aromatic nitrogens is 2. The minimum Gasteiger partial charge on any atom is -0.383 e. The molecular weight excluding hydrogens is 354 g/mol. The molecule has 150 valence electrons. The molecule has 1 aromatic rings. The zero-order valence-electron chi connectivity index (χ0n) is 15.7. The Morgan fingerprint density at radius 2 is 2.04 bits per heavy atom. The zero-order valence-corrected chi connectivity index (χ0v) is 15.7. The Morgan fingerprint density at radius 1 is 1.30 bits per heavy atom. The van der Waals surface area contributed by atoms with E-state index in [1.165, 1.54) is 0 Å². The highest BCUT2D eigenvalue weighted by atomic mass is 19.3. The van der Waals surface area contributed by atoms with Gasteiger partial charge in [-0.2, -0.15) is 5.10 Å². The van der Waals surface area contributed by atoms with Gasteiger partial charge in [0.2, 0.25) is 11.8 Å². The first-order valence-corrected chi connectivity index (χ1v) is 9.93. The van der Waals surface area contributed by atoms with Crippen molar-refractivity contribution in [3.05, 3.63) is 12.4 Å². The molecule has 2 aliphatic carbocycles. The van der Waals surface area contributed by atoms with Crippen LogP contribution >= 0.6 is 0 Å². The highest BCUT2D eigenvalue weighted by molar-refractivity contribution is 5.93. The van der Waals surface area contributed by atoms with Crippen molar-refractivity contribution < 1.29 is 18.3 Å². The molecule has 2 heterocycles. The van der Waals surface area contributed by atoms with Crippen LogP contribution in [-0.4, -0.2) is 58.9 Å². The van der Waals surface area contributed by atoms with Crippen LogP contribution < -0.4 is 5.32 Å². The second-order valence-electron chi connectivity index (χ2n) is 8.26. The van der Waals surface area contributed by atoms with Crippen molar-refractivity contribution in [3.8, 4) is 0 Å². The fourth-order valence-electron chi connectivity index (χ4n) is 4.46. The third kappa shape index (κ3) is 4.32. The summed E-state index contributed by atoms with van der Waals surface area (Å²) in [4.78, 5) is 14.3. The molecule has 27 heavy (non-hydrogen) atoms. The number of alkyl halides is 2. The van der Waals surface area contributed by atoms with Gasteiger partial charge in [0.15, 0.2) is 0 Å². The molecule has 6 nitrogen and oxygen atoms in total. The molecule has 2 atom stereocenters. The van der Waals surface area contributed by atoms with E-state index in [-0.39, 0.29) is 42.8 Å². The Kier molecular flexibility index (Phi) is 5.20. The number of hydrogen-bond acceptors (Lipinski definition) is 4. The number of nitrogens with one attached hydrogen (secondary N) is 1. The number of methoxy groups -OCH3 is 1. The van der Waals surface area contributed by atoms with Crippen molar-refractivity contribution >= 4 is 11.6 Å². The normalized spacial score (nSPS) is 29.1. The maximum absolute atomic E-state index is 13.5. The molecule has 1 amide bonds. The summed E-state index contributed by atoms with van der Waals surface area (Å²) in [6, 6.07) is 0.559. The van der Waals surface area contributed by atoms with Gasteiger partial charge in [0.25, 0.3) is 0 Å². The van der Waals surface area contributed by atoms with Crippen LogP contribution in [0.1, 0.15) is 51.0 Å². The Morgan fingerprint density at radius 3 is 2.70 bits per heavy atom. The van der Waals surface area contributed by atoms with Crippen molar-refractivity contribution in [1.82, 2.24) is 14.7 Å². The van der Waals surface area contributed by atoms with Crippen LogP contribution in [0.25, 0.3) is 0 Å². The molecule has 3 fully saturated rings. The predicted molar refractivity (Wildman–Crippen MR) is 96.8 cm³/mol. The molecule has 1 aromatic heterocycles. The molecule has 4 rings (SSSR count). The maximum Gasteiger partial charge on any atom is 0.248 e. The molecule has 2 saturated carbocycles. The van der Waals surface area contributed by atoms with Crippen LogP contribution in [0.5, 0.6) is 0 Å². The Hall–Kier alpha value is -1.54. The Balaban J connectivity index is 1.40. The zero-order chi connectivity index (χ0) is 19.0. The largest absolute Gasteiger partial charge is 0.383 e. The number of nitrogens with zero attached hydrogens (tertiary/aromatic N) is 3. The van der Waals surface area contributed by atoms with Crippen molar-refractivity contribution in [2.24, 2.45) is 5.92 Å². The number of ether oxygens (including phenoxy) is 1. The smallest absolute Gasteiger partial charge is 0.248 e. The molecule has 8 heteroatoms. The lowest BCUT2D eigenvalue weighted by atomic mass is 9.91. The molecule has 1 N–H and O–H groups in total. The number of rotatable bonds is 6. The van der Waals surface area contributed by atoms with Gasteiger partial charge in [-0.3, -0.25) is 14.4 Å². The van der Waals surface area contributed by atoms with Gasteiger partial charge in [-0.1, -0.05) is 0 Å². The lowest BCUT2D eigenvalue weighted by Gasteiger charge is -2.37. The van der Waals surface area contributed by atoms with E-state index in [4.69, 9.17) is 4.74 Å². The van der Waals surface area contributed by atoms with E-state index >= 15 is 0 Å². The average molecular weight is 382 g/mol. The number of carbonyl (C=O) groups excluding carboxylic acids is 1. The Labute approximate surface area is 158 Å². The van der Waals surface area contributed by atoms with Gasteiger partial charge in [-0.25, -0.2) is 8.78 Å². The third-order valence-electron chi connectivity index (χ3n) is 6.14. The van der Waals surface area contributed by atoms with E-state index < -0.39 is 5.92 Å². The molecule has 0 bridgehead atoms. The van der Waals surface area contributed by atoms with Crippen molar-refractivity contribution in [2.45, 2.75) is 69.0 Å². The first-order chi connectivity index (χ1) is 12.9. The summed E-state index contributed by atoms with van der Waals surface area (Å²) in [5.74, 6) is -2.28. The van der Waals surface area contributed by atoms with Gasteiger partial charge < -0.3 is 10.1 Å². The molecular formula is C19H28F2N4O2. The van der Waals surface area contributed by atoms with Gasteiger partial charge in [-0.05, 0) is 32.1 Å². The van der Waals surface area contributed by atoms with E-state index in [0.29, 0.717) is 19.4 Å². The number of hydrogen-bond donors (Lipinski definition) is 1. The first kappa shape index (κ1) is 18.8. The van der Waals surface area contributed by atoms with Crippen LogP contribution in [0.15, 0.2) is 12.4 Å². The number of carbonyl (C=O) groups is 1. The number of amides is 1. The van der Waals surface area contributed by atoms with Crippen molar-refractivity contribution in [2.75, 3.05) is 25.6 Å². The summed E-state index contributed by atoms with van der Waals surface area (Å²) >= 11 is 0. The van der Waals surface area contributed by atoms with E-state index in [9.17, 15) is 13.6 Å². The second kappa shape index (κ2) is 7.47. The van der Waals surface area contributed by atoms with Gasteiger partial charge in [0.1, 0.15) is 0 Å². The highest BCUT2D eigenvalue weighted by Crippen LogP contribution is 2.39. The lowest BCUT2D eigenvalue weighted by Crippen LogP contribution is -2.45. The molecule has 0 aromatic carbocycles. The standard InChI is InChI=1S/C19H28F2N4O2/c1-27-12-17-8-16(11-24(17)15-4-6-19(20,21)7-5-15)25-10-14(9-22-25)23-18(26)13-2-3-13/h9-10,13,15-17H,2-8,11-12H2,1H3,(H,23,26)/t16-,17-/m0/s1. The monoisotopic (exact) mass is 382 g/mol. The molecule has 0 radical (unpaired) electrons. The molecule has 0 spiro atoms. The third-order valence-corrected chi connectivity index (χ3v) is 6.14. The fourth-order valence-corrected chi connectivity index (χ4v) is 4.46. The molecule has 3 aliphatic rings. The van der Waals surface area contributed by atoms with Gasteiger partial charge >= 0.3 is 0 Å². The summed E-state index contributed by atoms with van der Waals surface area (Å²) in [7, 11) is 1.68. The van der Waals surface area contributed by atoms with E-state index in [0.717, 1.165) is 31.5 Å². The van der Waals surface area contributed by atoms with Crippen LogP contribution in [0.3, 0.4) is 0 Å². The molecule has 1 aliphatic heterocycles. The Bertz CT molecular complexity index is 666. The number of anilines is 1. The predicted octanol–water partition coefficient (Wildman–Crippen LogP) is 3.07. The SMILES string of the molecule is COC[C@@H]1C[C@H](n2cc(NC(=O)C3CC3)cn2)CN1C1CCC(F)(F)CC1. The molecule has 1 saturated heterocycles. The number of halogens is 2. The summed E-state index contributed by atoms with van der Waals surface area (Å²) < 4.78 is 34.3. The van der Waals surface area contributed by atoms with E-state index in [1.807, 2.05) is 10.9 Å². The van der Waals surface area contributed by atoms with Gasteiger partial charge in [-0.15, -0.1) is 0 Å². The van der Waals surface area contributed by atoms with Crippen molar-refractivity contribution in [1.29, 1.82) is 0 Å². The highest BCUT2D eigenvalue weighted by Gasteiger charge is 2.42. The van der Waals surface area contributed by atoms with Gasteiger partial charge in [0, 0.05) is 50.7 Å². The van der Waals surface area contributed by atoms with Crippen molar-refractivity contribution in [3.63, 3.8) is 0 Å². The quantitative estimate of drug-likeness (QED) is 0.822. The summed E-state index contributed by atoms with van der Waals surface area (Å²) in [5, 5.41) is 7.37. The van der Waals surface area contributed by atoms with Crippen LogP contribution in [0.4, 0.5) is 14.5 Å². The first-order valence-electron chi connectivity index (χ1n) is 9.93. The topological polar surface area (TPSA) is 59.4 Å². The summed E-state index contributed by atoms with van der Waals surface area (Å²) in [6.45, 7) is 1.37. The van der Waals surface area contributed by atoms with Crippen LogP contribution in [-0.2, 0) is 9.53 Å². The van der Waals surface area contributed by atoms with Crippen LogP contribution in [0.2, 0.25) is 0 Å². The molecule has 0 unspecified atom stereocenters.